The summed E-state index contributed by atoms with van der Waals surface area (Å²) in [6.45, 7) is 2.52. The minimum Gasteiger partial charge on any atom is -0.406 e. The first-order chi connectivity index (χ1) is 9.74. The van der Waals surface area contributed by atoms with E-state index in [1.807, 2.05) is 0 Å². The first-order valence-electron chi connectivity index (χ1n) is 7.90. The molecule has 20 heavy (non-hydrogen) atoms. The van der Waals surface area contributed by atoms with E-state index in [-0.39, 0.29) is 11.9 Å². The molecule has 0 aromatic heterocycles. The maximum Gasteiger partial charge on any atom is 0.312 e. The first-order valence-corrected chi connectivity index (χ1v) is 7.90. The lowest BCUT2D eigenvalue weighted by molar-refractivity contribution is -0.135. The van der Waals surface area contributed by atoms with Gasteiger partial charge in [-0.25, -0.2) is 0 Å². The highest BCUT2D eigenvalue weighted by molar-refractivity contribution is 5.92. The second-order valence-electron chi connectivity index (χ2n) is 5.38. The van der Waals surface area contributed by atoms with Crippen LogP contribution in [0.5, 0.6) is 0 Å². The van der Waals surface area contributed by atoms with E-state index in [4.69, 9.17) is 15.3 Å². The number of ether oxygens (including phenoxy) is 1. The standard InChI is InChI=1S/C15H28N2O3/c1-2-3-4-5-6-7-8-9-10-11-14(18)20-15-13(16)12-19-17-15/h13H,2-12,16H2,1H3/t13-/m1/s1. The quantitative estimate of drug-likeness (QED) is 0.494. The number of rotatable bonds is 10. The van der Waals surface area contributed by atoms with Gasteiger partial charge in [0.15, 0.2) is 0 Å². The number of carbonyl (C=O) groups is 1. The van der Waals surface area contributed by atoms with Crippen molar-refractivity contribution in [2.24, 2.45) is 10.9 Å². The summed E-state index contributed by atoms with van der Waals surface area (Å²) >= 11 is 0. The van der Waals surface area contributed by atoms with Crippen LogP contribution in [-0.2, 0) is 14.4 Å². The third-order valence-electron chi connectivity index (χ3n) is 3.43. The normalized spacial score (nSPS) is 17.7. The smallest absolute Gasteiger partial charge is 0.312 e. The van der Waals surface area contributed by atoms with Crippen LogP contribution in [0.1, 0.15) is 71.1 Å². The Morgan fingerprint density at radius 2 is 1.80 bits per heavy atom. The van der Waals surface area contributed by atoms with Gasteiger partial charge < -0.3 is 15.3 Å². The van der Waals surface area contributed by atoms with Crippen molar-refractivity contribution in [3.8, 4) is 0 Å². The number of esters is 1. The van der Waals surface area contributed by atoms with E-state index in [1.165, 1.54) is 44.9 Å². The molecule has 1 aliphatic rings. The van der Waals surface area contributed by atoms with E-state index in [0.717, 1.165) is 12.8 Å². The van der Waals surface area contributed by atoms with E-state index in [0.29, 0.717) is 13.0 Å². The lowest BCUT2D eigenvalue weighted by atomic mass is 10.1. The zero-order chi connectivity index (χ0) is 14.6. The fourth-order valence-corrected chi connectivity index (χ4v) is 2.16. The van der Waals surface area contributed by atoms with Gasteiger partial charge in [-0.2, -0.15) is 0 Å². The lowest BCUT2D eigenvalue weighted by Crippen LogP contribution is -2.33. The fraction of sp³-hybridized carbons (Fsp3) is 0.867. The van der Waals surface area contributed by atoms with Gasteiger partial charge in [-0.15, -0.1) is 0 Å². The fourth-order valence-electron chi connectivity index (χ4n) is 2.16. The van der Waals surface area contributed by atoms with Crippen molar-refractivity contribution in [3.63, 3.8) is 0 Å². The van der Waals surface area contributed by atoms with Crippen molar-refractivity contribution in [3.05, 3.63) is 0 Å². The molecule has 1 atom stereocenters. The number of carbonyl (C=O) groups excluding carboxylic acids is 1. The van der Waals surface area contributed by atoms with Gasteiger partial charge in [0.2, 0.25) is 0 Å². The first kappa shape index (κ1) is 17.0. The summed E-state index contributed by atoms with van der Waals surface area (Å²) in [6.07, 6.45) is 11.5. The van der Waals surface area contributed by atoms with Gasteiger partial charge in [0.05, 0.1) is 0 Å². The Balaban J connectivity index is 1.89. The molecule has 116 valence electrons. The molecule has 5 nitrogen and oxygen atoms in total. The average Bonchev–Trinajstić information content (AvgIpc) is 2.82. The molecule has 0 unspecified atom stereocenters. The average molecular weight is 284 g/mol. The molecule has 0 bridgehead atoms. The second-order valence-corrected chi connectivity index (χ2v) is 5.38. The SMILES string of the molecule is CCCCCCCCCCCC(=O)OC1=NOC[C@H]1N. The Hall–Kier alpha value is -1.10. The van der Waals surface area contributed by atoms with Crippen LogP contribution in [-0.4, -0.2) is 24.5 Å². The molecule has 5 heteroatoms. The molecule has 2 N–H and O–H groups in total. The number of nitrogens with two attached hydrogens (primary N) is 1. The van der Waals surface area contributed by atoms with Gasteiger partial charge in [0, 0.05) is 6.42 Å². The van der Waals surface area contributed by atoms with Gasteiger partial charge in [0.1, 0.15) is 12.6 Å². The highest BCUT2D eigenvalue weighted by atomic mass is 16.7. The van der Waals surface area contributed by atoms with Gasteiger partial charge in [-0.05, 0) is 11.6 Å². The summed E-state index contributed by atoms with van der Waals surface area (Å²) in [5.41, 5.74) is 5.64. The molecule has 0 radical (unpaired) electrons. The number of nitrogens with zero attached hydrogens (tertiary/aromatic N) is 1. The molecule has 1 aliphatic heterocycles. The molecule has 0 spiro atoms. The highest BCUT2D eigenvalue weighted by Crippen LogP contribution is 2.11. The third kappa shape index (κ3) is 7.48. The zero-order valence-corrected chi connectivity index (χ0v) is 12.6. The lowest BCUT2D eigenvalue weighted by Gasteiger charge is -2.05. The summed E-state index contributed by atoms with van der Waals surface area (Å²) in [7, 11) is 0. The summed E-state index contributed by atoms with van der Waals surface area (Å²) < 4.78 is 5.06. The van der Waals surface area contributed by atoms with E-state index >= 15 is 0 Å². The Labute approximate surface area is 121 Å². The molecule has 0 amide bonds. The molecule has 0 fully saturated rings. The molecule has 0 aromatic rings. The predicted octanol–water partition coefficient (Wildman–Crippen LogP) is 3.12. The van der Waals surface area contributed by atoms with Crippen LogP contribution in [0, 0.1) is 0 Å². The van der Waals surface area contributed by atoms with Crippen molar-refractivity contribution in [1.82, 2.24) is 0 Å². The molecule has 0 aliphatic carbocycles. The monoisotopic (exact) mass is 284 g/mol. The van der Waals surface area contributed by atoms with Gasteiger partial charge in [-0.1, -0.05) is 58.3 Å². The summed E-state index contributed by atoms with van der Waals surface area (Å²) in [5.74, 6) is -0.0430. The van der Waals surface area contributed by atoms with Crippen LogP contribution in [0.15, 0.2) is 5.16 Å². The largest absolute Gasteiger partial charge is 0.406 e. The van der Waals surface area contributed by atoms with Gasteiger partial charge >= 0.3 is 5.97 Å². The predicted molar refractivity (Wildman–Crippen MR) is 79.3 cm³/mol. The van der Waals surface area contributed by atoms with Crippen LogP contribution in [0.3, 0.4) is 0 Å². The number of hydrogen-bond acceptors (Lipinski definition) is 5. The van der Waals surface area contributed by atoms with Gasteiger partial charge in [-0.3, -0.25) is 4.79 Å². The van der Waals surface area contributed by atoms with E-state index < -0.39 is 6.04 Å². The van der Waals surface area contributed by atoms with E-state index in [9.17, 15) is 4.79 Å². The zero-order valence-electron chi connectivity index (χ0n) is 12.6. The minimum atomic E-state index is -0.401. The Bertz CT molecular complexity index is 305. The van der Waals surface area contributed by atoms with Crippen molar-refractivity contribution >= 4 is 11.9 Å². The van der Waals surface area contributed by atoms with Crippen molar-refractivity contribution in [1.29, 1.82) is 0 Å². The molecule has 0 saturated heterocycles. The van der Waals surface area contributed by atoms with Gasteiger partial charge in [0.25, 0.3) is 5.90 Å². The molecule has 0 saturated carbocycles. The van der Waals surface area contributed by atoms with Crippen LogP contribution in [0.25, 0.3) is 0 Å². The number of unbranched alkanes of at least 4 members (excludes halogenated alkanes) is 8. The van der Waals surface area contributed by atoms with E-state index in [1.54, 1.807) is 0 Å². The van der Waals surface area contributed by atoms with E-state index in [2.05, 4.69) is 12.1 Å². The molecule has 1 rings (SSSR count). The summed E-state index contributed by atoms with van der Waals surface area (Å²) in [6, 6.07) is -0.401. The van der Waals surface area contributed by atoms with Crippen LogP contribution in [0.4, 0.5) is 0 Å². The Kier molecular flexibility index (Phi) is 9.04. The summed E-state index contributed by atoms with van der Waals surface area (Å²) in [4.78, 5) is 16.3. The Morgan fingerprint density at radius 1 is 1.20 bits per heavy atom. The maximum atomic E-state index is 11.5. The van der Waals surface area contributed by atoms with Crippen molar-refractivity contribution < 1.29 is 14.4 Å². The van der Waals surface area contributed by atoms with Crippen LogP contribution >= 0.6 is 0 Å². The Morgan fingerprint density at radius 3 is 2.35 bits per heavy atom. The van der Waals surface area contributed by atoms with Crippen LogP contribution < -0.4 is 5.73 Å². The third-order valence-corrected chi connectivity index (χ3v) is 3.43. The summed E-state index contributed by atoms with van der Waals surface area (Å²) in [5, 5.41) is 3.60. The van der Waals surface area contributed by atoms with Crippen molar-refractivity contribution in [2.75, 3.05) is 6.61 Å². The van der Waals surface area contributed by atoms with Crippen LogP contribution in [0.2, 0.25) is 0 Å². The topological polar surface area (TPSA) is 73.9 Å². The molecule has 0 aromatic carbocycles. The second kappa shape index (κ2) is 10.7. The number of oxime groups is 1. The molecule has 1 heterocycles. The highest BCUT2D eigenvalue weighted by Gasteiger charge is 2.23. The van der Waals surface area contributed by atoms with Crippen molar-refractivity contribution in [2.45, 2.75) is 77.2 Å². The minimum absolute atomic E-state index is 0.214. The number of hydrogen-bond donors (Lipinski definition) is 1. The molecular weight excluding hydrogens is 256 g/mol. The molecular formula is C15H28N2O3. The maximum absolute atomic E-state index is 11.5.